The van der Waals surface area contributed by atoms with E-state index >= 15 is 0 Å². The zero-order chi connectivity index (χ0) is 38.0. The average molecular weight is 766 g/mol. The highest BCUT2D eigenvalue weighted by atomic mass is 31.2. The van der Waals surface area contributed by atoms with Crippen LogP contribution < -0.4 is 5.32 Å². The van der Waals surface area contributed by atoms with E-state index < -0.39 is 56.4 Å². The van der Waals surface area contributed by atoms with Gasteiger partial charge in [0, 0.05) is 32.4 Å². The fourth-order valence-corrected chi connectivity index (χ4v) is 13.9. The van der Waals surface area contributed by atoms with Gasteiger partial charge in [-0.1, -0.05) is 46.5 Å². The normalized spacial score (nSPS) is 37.1. The van der Waals surface area contributed by atoms with E-state index in [0.29, 0.717) is 30.6 Å². The van der Waals surface area contributed by atoms with Crippen LogP contribution in [0.2, 0.25) is 0 Å². The number of hydrogen-bond acceptors (Lipinski definition) is 9. The molecule has 0 spiro atoms. The number of aliphatic hydroxyl groups excluding tert-OH is 1. The first-order valence-corrected chi connectivity index (χ1v) is 22.4. The maximum absolute atomic E-state index is 13.3. The Morgan fingerprint density at radius 3 is 2.18 bits per heavy atom. The lowest BCUT2D eigenvalue weighted by atomic mass is 9.43. The number of unbranched alkanes of at least 4 members (excludes halogenated alkanes) is 3. The van der Waals surface area contributed by atoms with Crippen LogP contribution in [-0.4, -0.2) is 78.4 Å². The largest absolute Gasteiger partial charge is 0.462 e. The lowest BCUT2D eigenvalue weighted by Gasteiger charge is -2.63. The highest BCUT2D eigenvalue weighted by Crippen LogP contribution is 2.72. The van der Waals surface area contributed by atoms with Crippen molar-refractivity contribution < 1.29 is 58.0 Å². The SMILES string of the molecule is CCCCCC[C@](C)(O)[C@H]1CCC2C3C[C@H](OC(=O)CCC(=O)NCCCC(O)(P(=O)(O)O)P(=O)(O)OC)[C@H]4C[C@@H](O)CC[C@]4(C)C3CC[C@@]21C. The minimum Gasteiger partial charge on any atom is -0.462 e. The molecule has 4 saturated carbocycles. The zero-order valence-electron chi connectivity index (χ0n) is 31.3. The first-order chi connectivity index (χ1) is 23.7. The second kappa shape index (κ2) is 16.5. The van der Waals surface area contributed by atoms with Crippen molar-refractivity contribution >= 4 is 27.1 Å². The second-order valence-corrected chi connectivity index (χ2v) is 21.3. The molecule has 15 heteroatoms. The smallest absolute Gasteiger partial charge is 0.371 e. The first kappa shape index (κ1) is 42.9. The summed E-state index contributed by atoms with van der Waals surface area (Å²) >= 11 is 0. The van der Waals surface area contributed by atoms with E-state index in [9.17, 15) is 48.7 Å². The lowest BCUT2D eigenvalue weighted by Crippen LogP contribution is -2.59. The van der Waals surface area contributed by atoms with Gasteiger partial charge in [-0.05, 0) is 106 Å². The van der Waals surface area contributed by atoms with Crippen molar-refractivity contribution in [1.29, 1.82) is 0 Å². The van der Waals surface area contributed by atoms with Crippen molar-refractivity contribution in [2.75, 3.05) is 13.7 Å². The van der Waals surface area contributed by atoms with Crippen molar-refractivity contribution in [1.82, 2.24) is 5.32 Å². The zero-order valence-corrected chi connectivity index (χ0v) is 33.1. The quantitative estimate of drug-likeness (QED) is 0.0548. The Hall–Kier alpha value is -0.880. The van der Waals surface area contributed by atoms with Gasteiger partial charge in [-0.2, -0.15) is 0 Å². The van der Waals surface area contributed by atoms with Gasteiger partial charge in [0.1, 0.15) is 6.10 Å². The van der Waals surface area contributed by atoms with E-state index in [1.807, 2.05) is 6.92 Å². The number of aliphatic hydroxyl groups is 3. The molecule has 0 heterocycles. The number of rotatable bonds is 17. The molecule has 5 unspecified atom stereocenters. The molecule has 296 valence electrons. The van der Waals surface area contributed by atoms with Crippen LogP contribution in [0, 0.1) is 40.4 Å². The van der Waals surface area contributed by atoms with Gasteiger partial charge in [0.25, 0.3) is 5.08 Å². The van der Waals surface area contributed by atoms with E-state index in [1.54, 1.807) is 0 Å². The minimum atomic E-state index is -5.47. The topological polar surface area (TPSA) is 220 Å². The number of nitrogens with one attached hydrogen (secondary N) is 1. The van der Waals surface area contributed by atoms with E-state index in [4.69, 9.17) is 4.74 Å². The van der Waals surface area contributed by atoms with Crippen LogP contribution in [0.5, 0.6) is 0 Å². The monoisotopic (exact) mass is 765 g/mol. The van der Waals surface area contributed by atoms with Crippen molar-refractivity contribution in [2.24, 2.45) is 40.4 Å². The molecular formula is C36H65NO12P2. The first-order valence-electron chi connectivity index (χ1n) is 19.2. The summed E-state index contributed by atoms with van der Waals surface area (Å²) in [5, 5.41) is 32.1. The molecule has 1 amide bonds. The van der Waals surface area contributed by atoms with Gasteiger partial charge >= 0.3 is 21.2 Å². The number of esters is 1. The van der Waals surface area contributed by atoms with Crippen LogP contribution in [0.15, 0.2) is 0 Å². The summed E-state index contributed by atoms with van der Waals surface area (Å²) in [7, 11) is -9.81. The number of hydrogen-bond donors (Lipinski definition) is 7. The Labute approximate surface area is 303 Å². The number of carbonyl (C=O) groups excluding carboxylic acids is 2. The molecule has 0 bridgehead atoms. The number of ether oxygens (including phenoxy) is 1. The van der Waals surface area contributed by atoms with Gasteiger partial charge in [-0.3, -0.25) is 18.7 Å². The molecule has 0 aromatic rings. The molecule has 4 fully saturated rings. The molecule has 0 radical (unpaired) electrons. The van der Waals surface area contributed by atoms with Crippen LogP contribution >= 0.6 is 15.2 Å². The van der Waals surface area contributed by atoms with Gasteiger partial charge < -0.3 is 44.6 Å². The molecule has 4 aliphatic rings. The fourth-order valence-electron chi connectivity index (χ4n) is 11.2. The van der Waals surface area contributed by atoms with Crippen molar-refractivity contribution in [3.63, 3.8) is 0 Å². The fraction of sp³-hybridized carbons (Fsp3) is 0.944. The summed E-state index contributed by atoms with van der Waals surface area (Å²) in [6, 6.07) is 0. The predicted octanol–water partition coefficient (Wildman–Crippen LogP) is 5.58. The highest BCUT2D eigenvalue weighted by Gasteiger charge is 2.64. The molecule has 51 heavy (non-hydrogen) atoms. The van der Waals surface area contributed by atoms with E-state index in [1.165, 1.54) is 6.42 Å². The summed E-state index contributed by atoms with van der Waals surface area (Å²) in [5.41, 5.74) is -0.820. The summed E-state index contributed by atoms with van der Waals surface area (Å²) in [4.78, 5) is 54.6. The standard InChI is InChI=1S/C36H65NO12P2/c1-6-7-8-9-17-35(4,41)30-12-11-26-25-23-29(28-22-24(38)15-19-33(28,2)27(25)16-20-34(26,30)3)49-32(40)14-13-31(39)37-21-10-18-36(42,50(43,44)45)51(46,47)48-5/h24-30,38,41-42H,6-23H2,1-5H3,(H,37,39)(H,46,47)(H2,43,44,45)/t24-,25?,26?,27?,28+,29-,30-,33+,34-,35-,36?/m0/s1. The molecule has 7 N–H and O–H groups in total. The maximum Gasteiger partial charge on any atom is 0.371 e. The number of carbonyl (C=O) groups is 2. The number of amides is 1. The third kappa shape index (κ3) is 8.83. The summed E-state index contributed by atoms with van der Waals surface area (Å²) < 4.78 is 34.4. The molecule has 0 saturated heterocycles. The van der Waals surface area contributed by atoms with Crippen LogP contribution in [0.3, 0.4) is 0 Å². The van der Waals surface area contributed by atoms with E-state index in [0.717, 1.165) is 71.3 Å². The van der Waals surface area contributed by atoms with Crippen molar-refractivity contribution in [3.05, 3.63) is 0 Å². The van der Waals surface area contributed by atoms with Crippen LogP contribution in [0.4, 0.5) is 0 Å². The molecular weight excluding hydrogens is 700 g/mol. The molecule has 4 rings (SSSR count). The van der Waals surface area contributed by atoms with Crippen molar-refractivity contribution in [2.45, 2.75) is 160 Å². The van der Waals surface area contributed by atoms with Gasteiger partial charge in [0.15, 0.2) is 0 Å². The van der Waals surface area contributed by atoms with E-state index in [2.05, 4.69) is 30.6 Å². The minimum absolute atomic E-state index is 0.00189. The third-order valence-corrected chi connectivity index (χ3v) is 18.3. The highest BCUT2D eigenvalue weighted by molar-refractivity contribution is 7.72. The summed E-state index contributed by atoms with van der Waals surface area (Å²) in [5.74, 6) is 0.391. The molecule has 0 aromatic heterocycles. The van der Waals surface area contributed by atoms with Crippen LogP contribution in [-0.2, 0) is 28.0 Å². The summed E-state index contributed by atoms with van der Waals surface area (Å²) in [6.45, 7) is 8.78. The van der Waals surface area contributed by atoms with E-state index in [-0.39, 0.29) is 48.5 Å². The summed E-state index contributed by atoms with van der Waals surface area (Å²) in [6.07, 6.45) is 10.1. The molecule has 0 aromatic carbocycles. The Morgan fingerprint density at radius 2 is 1.53 bits per heavy atom. The number of fused-ring (bicyclic) bond motifs is 5. The lowest BCUT2D eigenvalue weighted by molar-refractivity contribution is -0.197. The van der Waals surface area contributed by atoms with Gasteiger partial charge in [0.2, 0.25) is 5.91 Å². The van der Waals surface area contributed by atoms with Gasteiger partial charge in [-0.25, -0.2) is 0 Å². The Morgan fingerprint density at radius 1 is 0.863 bits per heavy atom. The second-order valence-electron chi connectivity index (χ2n) is 17.0. The Kier molecular flexibility index (Phi) is 13.8. The predicted molar refractivity (Wildman–Crippen MR) is 191 cm³/mol. The molecule has 0 aliphatic heterocycles. The third-order valence-electron chi connectivity index (χ3n) is 13.9. The molecule has 12 atom stereocenters. The molecule has 4 aliphatic carbocycles. The Balaban J connectivity index is 1.38. The maximum atomic E-state index is 13.3. The Bertz CT molecular complexity index is 1320. The van der Waals surface area contributed by atoms with Crippen molar-refractivity contribution in [3.8, 4) is 0 Å². The van der Waals surface area contributed by atoms with Gasteiger partial charge in [-0.15, -0.1) is 0 Å². The van der Waals surface area contributed by atoms with Crippen LogP contribution in [0.25, 0.3) is 0 Å². The van der Waals surface area contributed by atoms with Crippen LogP contribution in [0.1, 0.15) is 137 Å². The average Bonchev–Trinajstić information content (AvgIpc) is 3.42. The van der Waals surface area contributed by atoms with Gasteiger partial charge in [0.05, 0.1) is 18.1 Å². The molecule has 13 nitrogen and oxygen atoms in total.